The number of aryl methyl sites for hydroxylation is 2. The number of nitrogens with zero attached hydrogens (tertiary/aromatic N) is 2. The Balaban J connectivity index is 1.24. The summed E-state index contributed by atoms with van der Waals surface area (Å²) in [5, 5.41) is 13.7. The molecule has 3 aromatic carbocycles. The predicted octanol–water partition coefficient (Wildman–Crippen LogP) is 12.4. The third-order valence-electron chi connectivity index (χ3n) is 8.42. The van der Waals surface area contributed by atoms with E-state index in [1.165, 1.54) is 143 Å². The Hall–Kier alpha value is -2.52. The van der Waals surface area contributed by atoms with Crippen LogP contribution in [0.1, 0.15) is 128 Å². The first-order chi connectivity index (χ1) is 20.3. The molecule has 0 aliphatic heterocycles. The normalized spacial score (nSPS) is 11.5. The van der Waals surface area contributed by atoms with Crippen LogP contribution in [0.15, 0.2) is 60.7 Å². The van der Waals surface area contributed by atoms with Crippen molar-refractivity contribution < 1.29 is 0 Å². The van der Waals surface area contributed by atoms with Crippen LogP contribution in [0.5, 0.6) is 0 Å². The summed E-state index contributed by atoms with van der Waals surface area (Å²) in [5.41, 5.74) is 5.21. The number of aromatic nitrogens is 2. The molecule has 1 heterocycles. The van der Waals surface area contributed by atoms with Crippen LogP contribution in [0, 0.1) is 0 Å². The summed E-state index contributed by atoms with van der Waals surface area (Å²) in [6.07, 6.45) is 24.3. The third-order valence-corrected chi connectivity index (χ3v) is 9.44. The lowest BCUT2D eigenvalue weighted by Gasteiger charge is -2.06. The molecule has 0 atom stereocenters. The zero-order chi connectivity index (χ0) is 28.5. The average molecular weight is 569 g/mol. The molecule has 0 bridgehead atoms. The fourth-order valence-corrected chi connectivity index (χ4v) is 6.63. The van der Waals surface area contributed by atoms with Gasteiger partial charge in [-0.3, -0.25) is 0 Å². The van der Waals surface area contributed by atoms with Crippen molar-refractivity contribution in [3.8, 4) is 21.1 Å². The third kappa shape index (κ3) is 10.7. The van der Waals surface area contributed by atoms with Gasteiger partial charge in [0.1, 0.15) is 10.0 Å². The van der Waals surface area contributed by atoms with Gasteiger partial charge >= 0.3 is 0 Å². The number of benzene rings is 3. The van der Waals surface area contributed by atoms with E-state index in [1.807, 2.05) is 0 Å². The lowest BCUT2D eigenvalue weighted by atomic mass is 10.0. The molecule has 0 spiro atoms. The summed E-state index contributed by atoms with van der Waals surface area (Å²) >= 11 is 1.69. The predicted molar refractivity (Wildman–Crippen MR) is 181 cm³/mol. The molecule has 0 saturated heterocycles. The molecule has 41 heavy (non-hydrogen) atoms. The van der Waals surface area contributed by atoms with Gasteiger partial charge in [-0.15, -0.1) is 10.2 Å². The van der Waals surface area contributed by atoms with Crippen molar-refractivity contribution in [1.29, 1.82) is 0 Å². The topological polar surface area (TPSA) is 25.8 Å². The maximum atomic E-state index is 4.56. The van der Waals surface area contributed by atoms with Crippen LogP contribution in [0.25, 0.3) is 31.9 Å². The number of hydrogen-bond acceptors (Lipinski definition) is 3. The van der Waals surface area contributed by atoms with Gasteiger partial charge < -0.3 is 0 Å². The quantitative estimate of drug-likeness (QED) is 0.0991. The Morgan fingerprint density at radius 2 is 0.878 bits per heavy atom. The minimum Gasteiger partial charge on any atom is -0.138 e. The van der Waals surface area contributed by atoms with Crippen LogP contribution in [0.4, 0.5) is 0 Å². The van der Waals surface area contributed by atoms with Gasteiger partial charge in [0.25, 0.3) is 0 Å². The second-order valence-corrected chi connectivity index (χ2v) is 12.9. The fraction of sp³-hybridized carbons (Fsp3) is 0.526. The number of hydrogen-bond donors (Lipinski definition) is 0. The molecule has 0 radical (unpaired) electrons. The smallest absolute Gasteiger partial charge is 0.138 e. The van der Waals surface area contributed by atoms with Gasteiger partial charge in [0, 0.05) is 11.1 Å². The Bertz CT molecular complexity index is 1270. The SMILES string of the molecule is CCCCCCCCCCc1ccc(-c2nnc(-c3ccc4cc(CCCCCCCCCC)ccc4c3)s2)cc1. The molecule has 220 valence electrons. The van der Waals surface area contributed by atoms with Gasteiger partial charge in [0.2, 0.25) is 0 Å². The Morgan fingerprint density at radius 3 is 1.49 bits per heavy atom. The number of fused-ring (bicyclic) bond motifs is 1. The fourth-order valence-electron chi connectivity index (χ4n) is 5.78. The van der Waals surface area contributed by atoms with Crippen molar-refractivity contribution in [3.05, 3.63) is 71.8 Å². The van der Waals surface area contributed by atoms with E-state index < -0.39 is 0 Å². The number of unbranched alkanes of at least 4 members (excludes halogenated alkanes) is 14. The summed E-state index contributed by atoms with van der Waals surface area (Å²) in [5.74, 6) is 0. The molecule has 0 N–H and O–H groups in total. The molecule has 0 unspecified atom stereocenters. The van der Waals surface area contributed by atoms with Gasteiger partial charge in [-0.25, -0.2) is 0 Å². The molecule has 3 heteroatoms. The van der Waals surface area contributed by atoms with E-state index >= 15 is 0 Å². The van der Waals surface area contributed by atoms with Gasteiger partial charge in [-0.2, -0.15) is 0 Å². The van der Waals surface area contributed by atoms with Crippen molar-refractivity contribution >= 4 is 22.1 Å². The lowest BCUT2D eigenvalue weighted by Crippen LogP contribution is -1.87. The van der Waals surface area contributed by atoms with Gasteiger partial charge in [0.05, 0.1) is 0 Å². The monoisotopic (exact) mass is 568 g/mol. The van der Waals surface area contributed by atoms with E-state index in [0.717, 1.165) is 15.6 Å². The summed E-state index contributed by atoms with van der Waals surface area (Å²) in [6.45, 7) is 4.57. The first-order valence-corrected chi connectivity index (χ1v) is 17.5. The van der Waals surface area contributed by atoms with E-state index in [-0.39, 0.29) is 0 Å². The van der Waals surface area contributed by atoms with Gasteiger partial charge in [-0.1, -0.05) is 170 Å². The van der Waals surface area contributed by atoms with E-state index in [4.69, 9.17) is 0 Å². The summed E-state index contributed by atoms with van der Waals surface area (Å²) in [4.78, 5) is 0. The Morgan fingerprint density at radius 1 is 0.439 bits per heavy atom. The van der Waals surface area contributed by atoms with E-state index in [2.05, 4.69) is 84.7 Å². The highest BCUT2D eigenvalue weighted by molar-refractivity contribution is 7.17. The molecule has 4 rings (SSSR count). The second-order valence-electron chi connectivity index (χ2n) is 12.0. The summed E-state index contributed by atoms with van der Waals surface area (Å²) in [6, 6.07) is 22.7. The van der Waals surface area contributed by atoms with Crippen LogP contribution >= 0.6 is 11.3 Å². The molecule has 0 saturated carbocycles. The molecule has 0 aliphatic carbocycles. The molecule has 4 aromatic rings. The van der Waals surface area contributed by atoms with Crippen LogP contribution in [0.2, 0.25) is 0 Å². The molecular weight excluding hydrogens is 516 g/mol. The minimum atomic E-state index is 0.993. The molecule has 0 fully saturated rings. The maximum Gasteiger partial charge on any atom is 0.148 e. The number of rotatable bonds is 20. The standard InChI is InChI=1S/C38H52N2S/c1-3-5-7-9-11-13-15-17-19-31-21-24-33(25-22-31)37-39-40-38(41-37)36-28-27-34-29-32(23-26-35(34)30-36)20-18-16-14-12-10-8-6-4-2/h21-30H,3-20H2,1-2H3. The van der Waals surface area contributed by atoms with Crippen molar-refractivity contribution in [3.63, 3.8) is 0 Å². The summed E-state index contributed by atoms with van der Waals surface area (Å²) in [7, 11) is 0. The van der Waals surface area contributed by atoms with E-state index in [9.17, 15) is 0 Å². The molecule has 0 amide bonds. The Kier molecular flexibility index (Phi) is 13.9. The van der Waals surface area contributed by atoms with Crippen LogP contribution < -0.4 is 0 Å². The maximum absolute atomic E-state index is 4.56. The van der Waals surface area contributed by atoms with E-state index in [0.29, 0.717) is 0 Å². The average Bonchev–Trinajstić information content (AvgIpc) is 3.50. The lowest BCUT2D eigenvalue weighted by molar-refractivity contribution is 0.575. The van der Waals surface area contributed by atoms with Crippen molar-refractivity contribution in [2.75, 3.05) is 0 Å². The highest BCUT2D eigenvalue weighted by atomic mass is 32.1. The minimum absolute atomic E-state index is 0.993. The molecular formula is C38H52N2S. The first-order valence-electron chi connectivity index (χ1n) is 16.7. The Labute approximate surface area is 254 Å². The molecule has 2 nitrogen and oxygen atoms in total. The van der Waals surface area contributed by atoms with Crippen molar-refractivity contribution in [2.45, 2.75) is 129 Å². The van der Waals surface area contributed by atoms with Crippen LogP contribution in [-0.4, -0.2) is 10.2 Å². The first kappa shape index (κ1) is 31.4. The largest absolute Gasteiger partial charge is 0.148 e. The van der Waals surface area contributed by atoms with E-state index in [1.54, 1.807) is 11.3 Å². The van der Waals surface area contributed by atoms with Gasteiger partial charge in [0.15, 0.2) is 0 Å². The van der Waals surface area contributed by atoms with Crippen LogP contribution in [-0.2, 0) is 12.8 Å². The zero-order valence-corrected chi connectivity index (χ0v) is 26.6. The zero-order valence-electron chi connectivity index (χ0n) is 25.8. The molecule has 0 aliphatic rings. The second kappa shape index (κ2) is 18.1. The summed E-state index contributed by atoms with van der Waals surface area (Å²) < 4.78 is 0. The highest BCUT2D eigenvalue weighted by Crippen LogP contribution is 2.32. The highest BCUT2D eigenvalue weighted by Gasteiger charge is 2.10. The van der Waals surface area contributed by atoms with Crippen molar-refractivity contribution in [2.24, 2.45) is 0 Å². The molecule has 1 aromatic heterocycles. The van der Waals surface area contributed by atoms with Crippen LogP contribution in [0.3, 0.4) is 0 Å². The van der Waals surface area contributed by atoms with Gasteiger partial charge in [-0.05, 0) is 53.6 Å². The van der Waals surface area contributed by atoms with Crippen molar-refractivity contribution in [1.82, 2.24) is 10.2 Å².